The Bertz CT molecular complexity index is 1450. The first kappa shape index (κ1) is 25.7. The molecule has 4 rings (SSSR count). The zero-order valence-corrected chi connectivity index (χ0v) is 23.2. The Kier molecular flexibility index (Phi) is 8.25. The van der Waals surface area contributed by atoms with Gasteiger partial charge in [0.1, 0.15) is 0 Å². The van der Waals surface area contributed by atoms with E-state index in [0.29, 0.717) is 0 Å². The number of rotatable bonds is 10. The van der Waals surface area contributed by atoms with Crippen LogP contribution >= 0.6 is 0 Å². The molecule has 0 saturated heterocycles. The summed E-state index contributed by atoms with van der Waals surface area (Å²) in [6, 6.07) is 20.5. The molecule has 36 heavy (non-hydrogen) atoms. The first-order valence-electron chi connectivity index (χ1n) is 12.4. The topological polar surface area (TPSA) is 6.25 Å². The van der Waals surface area contributed by atoms with Gasteiger partial charge in [-0.2, -0.15) is 0 Å². The molecule has 182 valence electrons. The van der Waals surface area contributed by atoms with Crippen LogP contribution in [-0.2, 0) is 0 Å². The Morgan fingerprint density at radius 1 is 0.778 bits per heavy atom. The molecule has 1 heterocycles. The second-order valence-corrected chi connectivity index (χ2v) is 11.3. The molecule has 0 spiro atoms. The number of hydrogen-bond donors (Lipinski definition) is 0. The summed E-state index contributed by atoms with van der Waals surface area (Å²) in [5, 5.41) is 2.57. The van der Waals surface area contributed by atoms with Crippen molar-refractivity contribution in [2.75, 3.05) is 31.1 Å². The molecule has 0 bridgehead atoms. The van der Waals surface area contributed by atoms with Crippen LogP contribution < -0.4 is 14.8 Å². The molecule has 0 fully saturated rings. The van der Waals surface area contributed by atoms with E-state index in [1.807, 2.05) is 24.3 Å². The van der Waals surface area contributed by atoms with Gasteiger partial charge in [0.2, 0.25) is 0 Å². The Labute approximate surface area is 221 Å². The van der Waals surface area contributed by atoms with Crippen molar-refractivity contribution in [1.29, 1.82) is 0 Å². The van der Waals surface area contributed by atoms with Gasteiger partial charge in [-0.3, -0.25) is 0 Å². The maximum absolute atomic E-state index is 3.96. The van der Waals surface area contributed by atoms with Crippen molar-refractivity contribution in [2.45, 2.75) is 13.8 Å². The molecule has 2 aromatic carbocycles. The zero-order valence-electron chi connectivity index (χ0n) is 21.5. The number of hydrogen-bond acceptors (Lipinski definition) is 1. The number of nitrogens with zero attached hydrogens (tertiary/aromatic N) is 2. The minimum absolute atomic E-state index is 0.179. The molecule has 0 aromatic heterocycles. The Morgan fingerprint density at radius 2 is 1.44 bits per heavy atom. The summed E-state index contributed by atoms with van der Waals surface area (Å²) in [5.41, 5.74) is 7.88. The average molecular weight is 539 g/mol. The Morgan fingerprint density at radius 3 is 2.06 bits per heavy atom. The van der Waals surface area contributed by atoms with Crippen LogP contribution in [0.1, 0.15) is 11.1 Å². The molecular weight excluding hydrogens is 503 g/mol. The van der Waals surface area contributed by atoms with Crippen LogP contribution in [0.2, 0.25) is 0 Å². The fourth-order valence-corrected chi connectivity index (χ4v) is 7.36. The number of fused-ring (bicyclic) bond motifs is 2. The van der Waals surface area contributed by atoms with Crippen LogP contribution in [0.4, 0.5) is 5.69 Å². The van der Waals surface area contributed by atoms with Crippen molar-refractivity contribution in [3.05, 3.63) is 122 Å². The van der Waals surface area contributed by atoms with Crippen molar-refractivity contribution in [3.63, 3.8) is 0 Å². The molecule has 0 amide bonds. The van der Waals surface area contributed by atoms with Gasteiger partial charge in [0, 0.05) is 0 Å². The molecule has 0 atom stereocenters. The molecule has 0 saturated carbocycles. The van der Waals surface area contributed by atoms with Crippen molar-refractivity contribution < 1.29 is 0 Å². The van der Waals surface area contributed by atoms with Crippen molar-refractivity contribution >= 4 is 29.8 Å². The van der Waals surface area contributed by atoms with Crippen molar-refractivity contribution in [1.82, 2.24) is 4.58 Å². The van der Waals surface area contributed by atoms with Crippen LogP contribution in [-0.4, -0.2) is 40.7 Å². The van der Waals surface area contributed by atoms with Crippen LogP contribution in [0, 0.1) is 13.8 Å². The molecule has 3 heteroatoms. The summed E-state index contributed by atoms with van der Waals surface area (Å²) >= 11 is 0.179. The third-order valence-corrected chi connectivity index (χ3v) is 8.89. The maximum atomic E-state index is 3.96. The van der Waals surface area contributed by atoms with Crippen LogP contribution in [0.15, 0.2) is 105 Å². The fraction of sp³-hybridized carbons (Fsp3) is 0.182. The summed E-state index contributed by atoms with van der Waals surface area (Å²) in [7, 11) is 0. The van der Waals surface area contributed by atoms with E-state index in [4.69, 9.17) is 0 Å². The molecule has 2 nitrogen and oxygen atoms in total. The summed E-state index contributed by atoms with van der Waals surface area (Å²) < 4.78 is 5.15. The summed E-state index contributed by atoms with van der Waals surface area (Å²) in [6.45, 7) is 23.5. The normalized spacial score (nSPS) is 10.8. The number of aryl methyl sites for hydroxylation is 2. The first-order chi connectivity index (χ1) is 17.5. The minimum atomic E-state index is 0.179. The van der Waals surface area contributed by atoms with Gasteiger partial charge in [-0.05, 0) is 0 Å². The standard InChI is InChI=1S/C33H35N2Se/c1-7-18-34(19-8-2)26-14-16-28-30(22-26)36-31-23-27(35(20-9-3)21-10-4)15-17-29(31)33(28)32-24(5)12-11-13-25(32)6/h7-17,22-23H,1-4,18-21H2,5-6H3/q+1. The molecule has 0 N–H and O–H groups in total. The van der Waals surface area contributed by atoms with E-state index >= 15 is 0 Å². The SMILES string of the molecule is C=CCN(CC=C)c1ccc2c(-c3c(C)cccc3C)c3ccc(=[N+](CC=C)CC=C)cc-3[se]c2c1. The predicted octanol–water partition coefficient (Wildman–Crippen LogP) is 6.61. The van der Waals surface area contributed by atoms with Gasteiger partial charge in [-0.15, -0.1) is 0 Å². The van der Waals surface area contributed by atoms with Crippen LogP contribution in [0.25, 0.3) is 30.8 Å². The van der Waals surface area contributed by atoms with Gasteiger partial charge < -0.3 is 0 Å². The third kappa shape index (κ3) is 5.09. The van der Waals surface area contributed by atoms with Gasteiger partial charge in [-0.1, -0.05) is 0 Å². The van der Waals surface area contributed by atoms with Gasteiger partial charge in [0.25, 0.3) is 0 Å². The zero-order chi connectivity index (χ0) is 25.7. The van der Waals surface area contributed by atoms with Gasteiger partial charge in [0.15, 0.2) is 0 Å². The van der Waals surface area contributed by atoms with E-state index in [-0.39, 0.29) is 14.5 Å². The molecule has 1 aliphatic heterocycles. The Balaban J connectivity index is 2.10. The van der Waals surface area contributed by atoms with Crippen molar-refractivity contribution in [2.24, 2.45) is 0 Å². The average Bonchev–Trinajstić information content (AvgIpc) is 2.87. The quantitative estimate of drug-likeness (QED) is 0.0954. The summed E-state index contributed by atoms with van der Waals surface area (Å²) in [5.74, 6) is 0. The van der Waals surface area contributed by atoms with Gasteiger partial charge >= 0.3 is 222 Å². The summed E-state index contributed by atoms with van der Waals surface area (Å²) in [6.07, 6.45) is 7.82. The van der Waals surface area contributed by atoms with Gasteiger partial charge in [-0.25, -0.2) is 0 Å². The molecule has 1 aliphatic carbocycles. The monoisotopic (exact) mass is 539 g/mol. The van der Waals surface area contributed by atoms with Crippen molar-refractivity contribution in [3.8, 4) is 21.1 Å². The second kappa shape index (κ2) is 11.6. The van der Waals surface area contributed by atoms with E-state index in [1.165, 1.54) is 52.9 Å². The molecular formula is C33H35N2Se+. The van der Waals surface area contributed by atoms with Crippen LogP contribution in [0.3, 0.4) is 0 Å². The fourth-order valence-electron chi connectivity index (χ4n) is 4.93. The van der Waals surface area contributed by atoms with E-state index in [1.54, 1.807) is 0 Å². The Hall–Kier alpha value is -3.39. The van der Waals surface area contributed by atoms with E-state index in [2.05, 4.69) is 104 Å². The van der Waals surface area contributed by atoms with E-state index in [0.717, 1.165) is 26.2 Å². The molecule has 0 radical (unpaired) electrons. The van der Waals surface area contributed by atoms with E-state index < -0.39 is 0 Å². The van der Waals surface area contributed by atoms with Gasteiger partial charge in [0.05, 0.1) is 0 Å². The summed E-state index contributed by atoms with van der Waals surface area (Å²) in [4.78, 5) is 2.32. The first-order valence-corrected chi connectivity index (χ1v) is 14.1. The molecule has 2 aliphatic rings. The molecule has 0 unspecified atom stereocenters. The third-order valence-electron chi connectivity index (χ3n) is 6.55. The van der Waals surface area contributed by atoms with E-state index in [9.17, 15) is 0 Å². The number of anilines is 1. The second-order valence-electron chi connectivity index (χ2n) is 9.07. The number of benzene rings is 3. The predicted molar refractivity (Wildman–Crippen MR) is 160 cm³/mol. The molecule has 2 aromatic rings. The van der Waals surface area contributed by atoms with Crippen LogP contribution in [0.5, 0.6) is 0 Å².